The predicted octanol–water partition coefficient (Wildman–Crippen LogP) is 5.61. The van der Waals surface area contributed by atoms with Gasteiger partial charge in [-0.05, 0) is 81.5 Å². The molecule has 1 aliphatic carbocycles. The van der Waals surface area contributed by atoms with Crippen molar-refractivity contribution in [3.05, 3.63) is 88.7 Å². The number of hydrogen-bond donors (Lipinski definition) is 0. The maximum atomic E-state index is 5.12. The fourth-order valence-electron chi connectivity index (χ4n) is 5.07. The third-order valence-electron chi connectivity index (χ3n) is 7.12. The van der Waals surface area contributed by atoms with Gasteiger partial charge in [0, 0.05) is 33.3 Å². The Morgan fingerprint density at radius 2 is 1.72 bits per heavy atom. The molecule has 0 radical (unpaired) electrons. The van der Waals surface area contributed by atoms with Gasteiger partial charge in [-0.15, -0.1) is 0 Å². The van der Waals surface area contributed by atoms with Crippen LogP contribution < -0.4 is 10.6 Å². The summed E-state index contributed by atoms with van der Waals surface area (Å²) in [6, 6.07) is 14.5. The summed E-state index contributed by atoms with van der Waals surface area (Å²) < 4.78 is 0. The van der Waals surface area contributed by atoms with Crippen LogP contribution in [0, 0.1) is 13.8 Å². The van der Waals surface area contributed by atoms with Crippen LogP contribution in [0.15, 0.2) is 67.0 Å². The van der Waals surface area contributed by atoms with Gasteiger partial charge in [-0.2, -0.15) is 10.2 Å². The number of rotatable bonds is 2. The Hall–Kier alpha value is -4.25. The zero-order valence-corrected chi connectivity index (χ0v) is 20.8. The average molecular weight is 470 g/mol. The highest BCUT2D eigenvalue weighted by molar-refractivity contribution is 5.91. The fraction of sp³-hybridized carbons (Fsp3) is 0.194. The van der Waals surface area contributed by atoms with Crippen molar-refractivity contribution in [1.82, 2.24) is 25.1 Å². The first-order chi connectivity index (χ1) is 17.6. The number of pyridine rings is 3. The molecule has 0 aliphatic heterocycles. The molecule has 1 aliphatic rings. The second-order valence-electron chi connectivity index (χ2n) is 9.47. The molecule has 36 heavy (non-hydrogen) atoms. The van der Waals surface area contributed by atoms with Crippen LogP contribution in [0.4, 0.5) is 0 Å². The maximum Gasteiger partial charge on any atom is 0.0937 e. The van der Waals surface area contributed by atoms with E-state index >= 15 is 0 Å². The molecule has 4 heterocycles. The molecule has 0 unspecified atom stereocenters. The standard InChI is InChI=1S/C31H27N5/c1-19-8-6-4-5-7-9-22-10-14-28(35-29(19)22)31-21(3)30-23(18-32-31)11-13-26(34-30)24-12-15-27-25(20(24)2)16-17-33-36-27/h5,7,9-18H,4,6,8H2,1-3H3/b7-5-,22-9-,29-19+. The first-order valence-electron chi connectivity index (χ1n) is 12.4. The number of allylic oxidation sites excluding steroid dienone is 2. The Labute approximate surface area is 210 Å². The normalized spacial score (nSPS) is 17.0. The van der Waals surface area contributed by atoms with Gasteiger partial charge in [-0.25, -0.2) is 9.97 Å². The molecule has 0 saturated carbocycles. The van der Waals surface area contributed by atoms with E-state index < -0.39 is 0 Å². The molecule has 4 aromatic heterocycles. The molecular formula is C31H27N5. The first kappa shape index (κ1) is 22.2. The fourth-order valence-corrected chi connectivity index (χ4v) is 5.07. The zero-order valence-electron chi connectivity index (χ0n) is 20.8. The van der Waals surface area contributed by atoms with Crippen molar-refractivity contribution in [3.63, 3.8) is 0 Å². The van der Waals surface area contributed by atoms with Gasteiger partial charge in [0.25, 0.3) is 0 Å². The first-order valence-corrected chi connectivity index (χ1v) is 12.4. The van der Waals surface area contributed by atoms with E-state index in [1.54, 1.807) is 6.20 Å². The van der Waals surface area contributed by atoms with Crippen molar-refractivity contribution >= 4 is 33.5 Å². The van der Waals surface area contributed by atoms with Gasteiger partial charge in [-0.3, -0.25) is 4.98 Å². The van der Waals surface area contributed by atoms with Crippen molar-refractivity contribution < 1.29 is 0 Å². The summed E-state index contributed by atoms with van der Waals surface area (Å²) in [7, 11) is 0. The molecule has 0 N–H and O–H groups in total. The van der Waals surface area contributed by atoms with Crippen molar-refractivity contribution in [2.45, 2.75) is 40.0 Å². The molecule has 0 saturated heterocycles. The van der Waals surface area contributed by atoms with Crippen molar-refractivity contribution in [1.29, 1.82) is 0 Å². The molecule has 5 aromatic rings. The number of benzene rings is 1. The van der Waals surface area contributed by atoms with E-state index in [2.05, 4.69) is 79.5 Å². The zero-order chi connectivity index (χ0) is 24.6. The molecule has 0 amide bonds. The summed E-state index contributed by atoms with van der Waals surface area (Å²) in [6.45, 7) is 6.41. The van der Waals surface area contributed by atoms with E-state index in [1.165, 1.54) is 5.57 Å². The number of aromatic nitrogens is 5. The Morgan fingerprint density at radius 1 is 0.833 bits per heavy atom. The van der Waals surface area contributed by atoms with Crippen LogP contribution in [0.3, 0.4) is 0 Å². The lowest BCUT2D eigenvalue weighted by Gasteiger charge is -2.12. The van der Waals surface area contributed by atoms with E-state index in [0.717, 1.165) is 85.4 Å². The summed E-state index contributed by atoms with van der Waals surface area (Å²) in [6.07, 6.45) is 13.5. The minimum absolute atomic E-state index is 0.878. The highest BCUT2D eigenvalue weighted by Crippen LogP contribution is 2.31. The molecule has 1 aromatic carbocycles. The number of nitrogens with zero attached hydrogens (tertiary/aromatic N) is 5. The average Bonchev–Trinajstić information content (AvgIpc) is 2.99. The Kier molecular flexibility index (Phi) is 5.61. The van der Waals surface area contributed by atoms with E-state index in [0.29, 0.717) is 0 Å². The van der Waals surface area contributed by atoms with E-state index in [9.17, 15) is 0 Å². The highest BCUT2D eigenvalue weighted by atomic mass is 15.1. The highest BCUT2D eigenvalue weighted by Gasteiger charge is 2.14. The lowest BCUT2D eigenvalue weighted by atomic mass is 9.99. The van der Waals surface area contributed by atoms with E-state index in [-0.39, 0.29) is 0 Å². The number of fused-ring (bicyclic) bond motifs is 3. The van der Waals surface area contributed by atoms with Gasteiger partial charge in [0.05, 0.1) is 39.7 Å². The maximum absolute atomic E-state index is 5.12. The van der Waals surface area contributed by atoms with Crippen molar-refractivity contribution in [2.75, 3.05) is 0 Å². The van der Waals surface area contributed by atoms with Crippen LogP contribution >= 0.6 is 0 Å². The summed E-state index contributed by atoms with van der Waals surface area (Å²) >= 11 is 0. The van der Waals surface area contributed by atoms with Gasteiger partial charge in [-0.1, -0.05) is 30.4 Å². The molecule has 5 heteroatoms. The summed E-state index contributed by atoms with van der Waals surface area (Å²) in [5.74, 6) is 0. The van der Waals surface area contributed by atoms with Crippen molar-refractivity contribution in [2.24, 2.45) is 0 Å². The van der Waals surface area contributed by atoms with Crippen LogP contribution in [-0.4, -0.2) is 25.1 Å². The van der Waals surface area contributed by atoms with Gasteiger partial charge in [0.15, 0.2) is 0 Å². The molecule has 6 rings (SSSR count). The quantitative estimate of drug-likeness (QED) is 0.336. The third-order valence-corrected chi connectivity index (χ3v) is 7.12. The van der Waals surface area contributed by atoms with E-state index in [1.807, 2.05) is 18.3 Å². The number of hydrogen-bond acceptors (Lipinski definition) is 5. The van der Waals surface area contributed by atoms with Crippen LogP contribution in [0.1, 0.15) is 37.3 Å². The summed E-state index contributed by atoms with van der Waals surface area (Å²) in [4.78, 5) is 15.0. The molecule has 0 fully saturated rings. The Bertz CT molecular complexity index is 1800. The predicted molar refractivity (Wildman–Crippen MR) is 147 cm³/mol. The minimum atomic E-state index is 0.878. The van der Waals surface area contributed by atoms with Crippen LogP contribution in [0.2, 0.25) is 0 Å². The second kappa shape index (κ2) is 9.08. The molecule has 176 valence electrons. The lowest BCUT2D eigenvalue weighted by Crippen LogP contribution is -2.30. The molecular weight excluding hydrogens is 442 g/mol. The summed E-state index contributed by atoms with van der Waals surface area (Å²) in [5, 5.41) is 12.6. The van der Waals surface area contributed by atoms with Crippen LogP contribution in [0.5, 0.6) is 0 Å². The monoisotopic (exact) mass is 469 g/mol. The van der Waals surface area contributed by atoms with Gasteiger partial charge < -0.3 is 0 Å². The SMILES string of the molecule is C\C1=c2/nc(-c3ncc4ccc(-c5ccc6nnccc6c5C)nc4c3C)cc/c2=C/C=C\CCC1. The molecule has 0 atom stereocenters. The van der Waals surface area contributed by atoms with Gasteiger partial charge >= 0.3 is 0 Å². The number of aryl methyl sites for hydroxylation is 2. The third kappa shape index (κ3) is 3.87. The largest absolute Gasteiger partial charge is 0.254 e. The van der Waals surface area contributed by atoms with Gasteiger partial charge in [0.1, 0.15) is 0 Å². The topological polar surface area (TPSA) is 64.5 Å². The van der Waals surface area contributed by atoms with Crippen molar-refractivity contribution in [3.8, 4) is 22.6 Å². The van der Waals surface area contributed by atoms with E-state index in [4.69, 9.17) is 15.0 Å². The molecule has 0 bridgehead atoms. The molecule has 5 nitrogen and oxygen atoms in total. The Morgan fingerprint density at radius 3 is 2.64 bits per heavy atom. The summed E-state index contributed by atoms with van der Waals surface area (Å²) in [5.41, 5.74) is 9.15. The molecule has 0 spiro atoms. The Balaban J connectivity index is 1.51. The smallest absolute Gasteiger partial charge is 0.0937 e. The van der Waals surface area contributed by atoms with Crippen LogP contribution in [-0.2, 0) is 0 Å². The second-order valence-corrected chi connectivity index (χ2v) is 9.47. The minimum Gasteiger partial charge on any atom is -0.254 e. The van der Waals surface area contributed by atoms with Crippen LogP contribution in [0.25, 0.3) is 56.1 Å². The lowest BCUT2D eigenvalue weighted by molar-refractivity contribution is 0.870. The van der Waals surface area contributed by atoms with Gasteiger partial charge in [0.2, 0.25) is 0 Å².